The van der Waals surface area contributed by atoms with Crippen LogP contribution >= 0.6 is 11.3 Å². The maximum atomic E-state index is 12.0. The minimum Gasteiger partial charge on any atom is -0.298 e. The van der Waals surface area contributed by atoms with E-state index in [2.05, 4.69) is 10.3 Å². The molecule has 25 heavy (non-hydrogen) atoms. The number of hydrogen-bond donors (Lipinski definition) is 1. The van der Waals surface area contributed by atoms with Crippen molar-refractivity contribution in [2.45, 2.75) is 0 Å². The van der Waals surface area contributed by atoms with Crippen LogP contribution in [-0.4, -0.2) is 15.8 Å². The zero-order valence-electron chi connectivity index (χ0n) is 13.0. The normalized spacial score (nSPS) is 10.7. The summed E-state index contributed by atoms with van der Waals surface area (Å²) in [6.07, 6.45) is 2.67. The second kappa shape index (κ2) is 7.50. The molecule has 2 aromatic carbocycles. The van der Waals surface area contributed by atoms with E-state index in [9.17, 15) is 14.9 Å². The molecule has 0 fully saturated rings. The van der Waals surface area contributed by atoms with E-state index in [1.165, 1.54) is 29.6 Å². The second-order valence-electron chi connectivity index (χ2n) is 5.04. The largest absolute Gasteiger partial charge is 0.298 e. The molecule has 7 heteroatoms. The Balaban J connectivity index is 1.69. The summed E-state index contributed by atoms with van der Waals surface area (Å²) in [5.74, 6) is -0.396. The SMILES string of the molecule is O=C(/C=C/c1ccccc1[N+](=O)[O-])Nc1nc(-c2ccccc2)cs1. The zero-order valence-corrected chi connectivity index (χ0v) is 13.8. The standard InChI is InChI=1S/C18H13N3O3S/c22-17(11-10-14-8-4-5-9-16(14)21(23)24)20-18-19-15(12-25-18)13-6-2-1-3-7-13/h1-12H,(H,19,20,22)/b11-10+. The molecule has 0 aliphatic heterocycles. The lowest BCUT2D eigenvalue weighted by Gasteiger charge is -1.98. The van der Waals surface area contributed by atoms with Crippen molar-refractivity contribution in [3.8, 4) is 11.3 Å². The van der Waals surface area contributed by atoms with Crippen LogP contribution in [0.5, 0.6) is 0 Å². The fraction of sp³-hybridized carbons (Fsp3) is 0. The maximum absolute atomic E-state index is 12.0. The lowest BCUT2D eigenvalue weighted by atomic mass is 10.1. The molecule has 6 nitrogen and oxygen atoms in total. The number of hydrogen-bond acceptors (Lipinski definition) is 5. The predicted octanol–water partition coefficient (Wildman–Crippen LogP) is 4.37. The molecule has 124 valence electrons. The molecule has 1 N–H and O–H groups in total. The third kappa shape index (κ3) is 4.15. The Morgan fingerprint density at radius 1 is 1.12 bits per heavy atom. The van der Waals surface area contributed by atoms with Crippen molar-refractivity contribution < 1.29 is 9.72 Å². The summed E-state index contributed by atoms with van der Waals surface area (Å²) >= 11 is 1.32. The van der Waals surface area contributed by atoms with E-state index in [0.717, 1.165) is 11.3 Å². The molecule has 1 heterocycles. The Morgan fingerprint density at radius 2 is 1.84 bits per heavy atom. The van der Waals surface area contributed by atoms with Gasteiger partial charge in [-0.25, -0.2) is 4.98 Å². The van der Waals surface area contributed by atoms with Crippen molar-refractivity contribution >= 4 is 34.1 Å². The Kier molecular flexibility index (Phi) is 4.96. The summed E-state index contributed by atoms with van der Waals surface area (Å²) in [6.45, 7) is 0. The van der Waals surface area contributed by atoms with Crippen LogP contribution in [0.2, 0.25) is 0 Å². The summed E-state index contributed by atoms with van der Waals surface area (Å²) in [5.41, 5.74) is 2.07. The molecule has 0 saturated heterocycles. The molecule has 0 saturated carbocycles. The monoisotopic (exact) mass is 351 g/mol. The van der Waals surface area contributed by atoms with E-state index in [1.807, 2.05) is 35.7 Å². The van der Waals surface area contributed by atoms with E-state index in [0.29, 0.717) is 10.7 Å². The van der Waals surface area contributed by atoms with Gasteiger partial charge in [0.05, 0.1) is 16.2 Å². The van der Waals surface area contributed by atoms with Gasteiger partial charge in [-0.1, -0.05) is 42.5 Å². The Bertz CT molecular complexity index is 936. The van der Waals surface area contributed by atoms with Gasteiger partial charge in [-0.2, -0.15) is 0 Å². The third-order valence-electron chi connectivity index (χ3n) is 3.35. The molecule has 3 aromatic rings. The number of benzene rings is 2. The molecule has 0 aliphatic rings. The predicted molar refractivity (Wildman–Crippen MR) is 98.3 cm³/mol. The highest BCUT2D eigenvalue weighted by molar-refractivity contribution is 7.14. The van der Waals surface area contributed by atoms with Crippen molar-refractivity contribution in [2.75, 3.05) is 5.32 Å². The minimum absolute atomic E-state index is 0.0489. The lowest BCUT2D eigenvalue weighted by Crippen LogP contribution is -2.07. The molecule has 1 amide bonds. The molecule has 0 spiro atoms. The average Bonchev–Trinajstić information content (AvgIpc) is 3.09. The number of nitro groups is 1. The van der Waals surface area contributed by atoms with Gasteiger partial charge in [0.2, 0.25) is 5.91 Å². The molecule has 0 bridgehead atoms. The summed E-state index contributed by atoms with van der Waals surface area (Å²) in [6, 6.07) is 15.9. The van der Waals surface area contributed by atoms with E-state index in [1.54, 1.807) is 18.2 Å². The van der Waals surface area contributed by atoms with Crippen molar-refractivity contribution in [2.24, 2.45) is 0 Å². The van der Waals surface area contributed by atoms with Crippen LogP contribution < -0.4 is 5.32 Å². The van der Waals surface area contributed by atoms with Crippen LogP contribution in [0.15, 0.2) is 66.1 Å². The fourth-order valence-corrected chi connectivity index (χ4v) is 2.90. The number of nitrogens with zero attached hydrogens (tertiary/aromatic N) is 2. The topological polar surface area (TPSA) is 85.1 Å². The fourth-order valence-electron chi connectivity index (χ4n) is 2.18. The Morgan fingerprint density at radius 3 is 2.60 bits per heavy atom. The maximum Gasteiger partial charge on any atom is 0.276 e. The van der Waals surface area contributed by atoms with Gasteiger partial charge < -0.3 is 0 Å². The van der Waals surface area contributed by atoms with Crippen LogP contribution in [0.3, 0.4) is 0 Å². The number of anilines is 1. The highest BCUT2D eigenvalue weighted by Crippen LogP contribution is 2.24. The van der Waals surface area contributed by atoms with Crippen LogP contribution in [0.4, 0.5) is 10.8 Å². The van der Waals surface area contributed by atoms with Gasteiger partial charge in [-0.15, -0.1) is 11.3 Å². The van der Waals surface area contributed by atoms with Gasteiger partial charge in [0.25, 0.3) is 5.69 Å². The van der Waals surface area contributed by atoms with Crippen molar-refractivity contribution in [3.63, 3.8) is 0 Å². The first-order valence-electron chi connectivity index (χ1n) is 7.37. The summed E-state index contributed by atoms with van der Waals surface area (Å²) < 4.78 is 0. The number of nitro benzene ring substituents is 1. The molecule has 3 rings (SSSR count). The zero-order chi connectivity index (χ0) is 17.6. The second-order valence-corrected chi connectivity index (χ2v) is 5.90. The number of rotatable bonds is 5. The van der Waals surface area contributed by atoms with Gasteiger partial charge in [0, 0.05) is 23.1 Å². The van der Waals surface area contributed by atoms with E-state index in [-0.39, 0.29) is 5.69 Å². The highest BCUT2D eigenvalue weighted by Gasteiger charge is 2.10. The average molecular weight is 351 g/mol. The van der Waals surface area contributed by atoms with Crippen molar-refractivity contribution in [3.05, 3.63) is 81.7 Å². The van der Waals surface area contributed by atoms with Gasteiger partial charge in [0.15, 0.2) is 5.13 Å². The highest BCUT2D eigenvalue weighted by atomic mass is 32.1. The quantitative estimate of drug-likeness (QED) is 0.420. The first-order chi connectivity index (χ1) is 12.1. The molecule has 0 radical (unpaired) electrons. The van der Waals surface area contributed by atoms with Gasteiger partial charge in [-0.3, -0.25) is 20.2 Å². The molecule has 0 aliphatic carbocycles. The van der Waals surface area contributed by atoms with Gasteiger partial charge >= 0.3 is 0 Å². The summed E-state index contributed by atoms with van der Waals surface area (Å²) in [4.78, 5) is 26.9. The van der Waals surface area contributed by atoms with Crippen molar-refractivity contribution in [1.82, 2.24) is 4.98 Å². The number of nitrogens with one attached hydrogen (secondary N) is 1. The van der Waals surface area contributed by atoms with E-state index in [4.69, 9.17) is 0 Å². The number of para-hydroxylation sites is 1. The molecule has 0 atom stereocenters. The van der Waals surface area contributed by atoms with Gasteiger partial charge in [0.1, 0.15) is 0 Å². The first-order valence-corrected chi connectivity index (χ1v) is 8.25. The van der Waals surface area contributed by atoms with Crippen molar-refractivity contribution in [1.29, 1.82) is 0 Å². The Hall–Kier alpha value is -3.32. The van der Waals surface area contributed by atoms with Crippen LogP contribution in [0, 0.1) is 10.1 Å². The smallest absolute Gasteiger partial charge is 0.276 e. The van der Waals surface area contributed by atoms with Crippen LogP contribution in [-0.2, 0) is 4.79 Å². The van der Waals surface area contributed by atoms with Crippen LogP contribution in [0.25, 0.3) is 17.3 Å². The number of aromatic nitrogens is 1. The number of amides is 1. The summed E-state index contributed by atoms with van der Waals surface area (Å²) in [7, 11) is 0. The van der Waals surface area contributed by atoms with Crippen LogP contribution in [0.1, 0.15) is 5.56 Å². The Labute approximate surface area is 147 Å². The molecule has 1 aromatic heterocycles. The number of carbonyl (C=O) groups excluding carboxylic acids is 1. The van der Waals surface area contributed by atoms with Gasteiger partial charge in [-0.05, 0) is 12.1 Å². The van der Waals surface area contributed by atoms with E-state index >= 15 is 0 Å². The molecular formula is C18H13N3O3S. The minimum atomic E-state index is -0.482. The number of thiazole rings is 1. The molecular weight excluding hydrogens is 338 g/mol. The van der Waals surface area contributed by atoms with E-state index < -0.39 is 10.8 Å². The third-order valence-corrected chi connectivity index (χ3v) is 4.11. The summed E-state index contributed by atoms with van der Waals surface area (Å²) in [5, 5.41) is 15.9. The lowest BCUT2D eigenvalue weighted by molar-refractivity contribution is -0.385. The first kappa shape index (κ1) is 16.5. The number of carbonyl (C=O) groups is 1. The molecule has 0 unspecified atom stereocenters.